The van der Waals surface area contributed by atoms with Crippen LogP contribution in [0.5, 0.6) is 0 Å². The van der Waals surface area contributed by atoms with Crippen molar-refractivity contribution in [2.75, 3.05) is 0 Å². The van der Waals surface area contributed by atoms with Gasteiger partial charge in [0.25, 0.3) is 6.43 Å². The molecule has 100 valence electrons. The van der Waals surface area contributed by atoms with E-state index in [1.165, 1.54) is 0 Å². The fraction of sp³-hybridized carbons (Fsp3) is 0.400. The molecule has 18 heavy (non-hydrogen) atoms. The van der Waals surface area contributed by atoms with Crippen molar-refractivity contribution in [3.63, 3.8) is 0 Å². The molecule has 0 radical (unpaired) electrons. The van der Waals surface area contributed by atoms with Crippen molar-refractivity contribution in [3.05, 3.63) is 28.6 Å². The van der Waals surface area contributed by atoms with E-state index in [0.29, 0.717) is 0 Å². The summed E-state index contributed by atoms with van der Waals surface area (Å²) in [6.45, 7) is 1.13. The number of hydrogen-bond donors (Lipinski definition) is 1. The topological polar surface area (TPSA) is 50.2 Å². The van der Waals surface area contributed by atoms with Gasteiger partial charge in [-0.3, -0.25) is 4.79 Å². The molecule has 0 aliphatic heterocycles. The molecule has 0 aliphatic rings. The summed E-state index contributed by atoms with van der Waals surface area (Å²) in [6.07, 6.45) is -9.32. The Bertz CT molecular complexity index is 470. The zero-order valence-corrected chi connectivity index (χ0v) is 9.05. The van der Waals surface area contributed by atoms with Crippen molar-refractivity contribution in [1.82, 2.24) is 4.98 Å². The number of halogens is 5. The van der Waals surface area contributed by atoms with Crippen molar-refractivity contribution >= 4 is 5.97 Å². The Morgan fingerprint density at radius 1 is 1.44 bits per heavy atom. The van der Waals surface area contributed by atoms with Crippen LogP contribution in [0, 0.1) is 6.92 Å². The molecule has 0 aliphatic carbocycles. The third kappa shape index (κ3) is 3.14. The van der Waals surface area contributed by atoms with Gasteiger partial charge in [-0.25, -0.2) is 13.8 Å². The van der Waals surface area contributed by atoms with Crippen molar-refractivity contribution in [2.45, 2.75) is 25.9 Å². The Morgan fingerprint density at radius 2 is 2.00 bits per heavy atom. The molecule has 0 bridgehead atoms. The van der Waals surface area contributed by atoms with Crippen LogP contribution in [-0.4, -0.2) is 16.1 Å². The minimum atomic E-state index is -4.97. The number of aromatic nitrogens is 1. The van der Waals surface area contributed by atoms with E-state index in [4.69, 9.17) is 5.11 Å². The third-order valence-electron chi connectivity index (χ3n) is 2.12. The summed E-state index contributed by atoms with van der Waals surface area (Å²) in [7, 11) is 0. The number of hydrogen-bond acceptors (Lipinski definition) is 2. The quantitative estimate of drug-likeness (QED) is 0.858. The largest absolute Gasteiger partial charge is 0.481 e. The third-order valence-corrected chi connectivity index (χ3v) is 2.12. The first-order valence-corrected chi connectivity index (χ1v) is 4.70. The second kappa shape index (κ2) is 4.87. The molecule has 0 saturated carbocycles. The van der Waals surface area contributed by atoms with Gasteiger partial charge in [0.15, 0.2) is 0 Å². The number of aliphatic carboxylic acids is 1. The van der Waals surface area contributed by atoms with Crippen LogP contribution in [0.1, 0.15) is 28.9 Å². The van der Waals surface area contributed by atoms with Gasteiger partial charge in [-0.05, 0) is 13.0 Å². The molecule has 1 aromatic rings. The number of pyridine rings is 1. The lowest BCUT2D eigenvalue weighted by Gasteiger charge is -2.15. The molecule has 0 spiro atoms. The van der Waals surface area contributed by atoms with E-state index in [9.17, 15) is 26.7 Å². The molecule has 1 heterocycles. The van der Waals surface area contributed by atoms with Crippen LogP contribution in [0.15, 0.2) is 6.07 Å². The Morgan fingerprint density at radius 3 is 2.39 bits per heavy atom. The Labute approximate surface area is 98.3 Å². The second-order valence-corrected chi connectivity index (χ2v) is 3.55. The minimum absolute atomic E-state index is 0.244. The molecular weight excluding hydrogens is 261 g/mol. The Hall–Kier alpha value is -1.73. The van der Waals surface area contributed by atoms with Crippen LogP contribution in [0.3, 0.4) is 0 Å². The zero-order valence-electron chi connectivity index (χ0n) is 9.05. The molecule has 0 unspecified atom stereocenters. The summed E-state index contributed by atoms with van der Waals surface area (Å²) in [6, 6.07) is 0.762. The van der Waals surface area contributed by atoms with Crippen molar-refractivity contribution in [1.29, 1.82) is 0 Å². The highest BCUT2D eigenvalue weighted by molar-refractivity contribution is 5.71. The fourth-order valence-electron chi connectivity index (χ4n) is 1.49. The first-order chi connectivity index (χ1) is 8.12. The van der Waals surface area contributed by atoms with Crippen LogP contribution >= 0.6 is 0 Å². The van der Waals surface area contributed by atoms with Crippen molar-refractivity contribution in [2.24, 2.45) is 0 Å². The van der Waals surface area contributed by atoms with Crippen LogP contribution in [0.25, 0.3) is 0 Å². The Balaban J connectivity index is 3.52. The van der Waals surface area contributed by atoms with E-state index in [-0.39, 0.29) is 5.69 Å². The van der Waals surface area contributed by atoms with E-state index in [1.54, 1.807) is 0 Å². The summed E-state index contributed by atoms with van der Waals surface area (Å²) in [5.41, 5.74) is -3.75. The predicted octanol–water partition coefficient (Wildman–Crippen LogP) is 2.97. The molecule has 0 fully saturated rings. The number of rotatable bonds is 3. The van der Waals surface area contributed by atoms with Gasteiger partial charge in [-0.2, -0.15) is 13.2 Å². The zero-order chi connectivity index (χ0) is 14.1. The van der Waals surface area contributed by atoms with Gasteiger partial charge in [0, 0.05) is 16.8 Å². The molecule has 1 aromatic heterocycles. The second-order valence-electron chi connectivity index (χ2n) is 3.55. The minimum Gasteiger partial charge on any atom is -0.481 e. The van der Waals surface area contributed by atoms with Gasteiger partial charge in [0.2, 0.25) is 0 Å². The number of carboxylic acid groups (broad SMARTS) is 1. The Kier molecular flexibility index (Phi) is 3.88. The molecule has 0 aromatic carbocycles. The maximum atomic E-state index is 12.6. The lowest BCUT2D eigenvalue weighted by atomic mass is 10.0. The lowest BCUT2D eigenvalue weighted by molar-refractivity contribution is -0.142. The molecule has 0 atom stereocenters. The monoisotopic (exact) mass is 269 g/mol. The van der Waals surface area contributed by atoms with Gasteiger partial charge in [-0.15, -0.1) is 0 Å². The number of carboxylic acids is 1. The van der Waals surface area contributed by atoms with E-state index >= 15 is 0 Å². The van der Waals surface area contributed by atoms with E-state index in [2.05, 4.69) is 4.98 Å². The average molecular weight is 269 g/mol. The molecular formula is C10H8F5NO2. The predicted molar refractivity (Wildman–Crippen MR) is 50.3 cm³/mol. The van der Waals surface area contributed by atoms with Gasteiger partial charge in [-0.1, -0.05) is 0 Å². The van der Waals surface area contributed by atoms with E-state index < -0.39 is 41.8 Å². The number of alkyl halides is 5. The van der Waals surface area contributed by atoms with Crippen LogP contribution in [0.2, 0.25) is 0 Å². The summed E-state index contributed by atoms with van der Waals surface area (Å²) in [5, 5.41) is 8.49. The normalized spacial score (nSPS) is 11.9. The number of nitrogens with zero attached hydrogens (tertiary/aromatic N) is 1. The highest BCUT2D eigenvalue weighted by Gasteiger charge is 2.38. The smallest absolute Gasteiger partial charge is 0.433 e. The maximum Gasteiger partial charge on any atom is 0.433 e. The molecule has 1 N–H and O–H groups in total. The first kappa shape index (κ1) is 14.3. The number of aryl methyl sites for hydroxylation is 1. The van der Waals surface area contributed by atoms with E-state index in [0.717, 1.165) is 13.0 Å². The molecule has 3 nitrogen and oxygen atoms in total. The fourth-order valence-corrected chi connectivity index (χ4v) is 1.49. The standard InChI is InChI=1S/C10H8F5NO2/c1-4-2-6(9(11)12)5(3-7(17)18)8(16-4)10(13,14)15/h2,9H,3H2,1H3,(H,17,18). The molecule has 1 rings (SSSR count). The van der Waals surface area contributed by atoms with Gasteiger partial charge in [0.05, 0.1) is 6.42 Å². The van der Waals surface area contributed by atoms with Crippen molar-refractivity contribution < 1.29 is 31.9 Å². The summed E-state index contributed by atoms with van der Waals surface area (Å²) in [4.78, 5) is 13.6. The maximum absolute atomic E-state index is 12.6. The lowest BCUT2D eigenvalue weighted by Crippen LogP contribution is -2.18. The van der Waals surface area contributed by atoms with Gasteiger partial charge >= 0.3 is 12.1 Å². The average Bonchev–Trinajstić information content (AvgIpc) is 2.17. The first-order valence-electron chi connectivity index (χ1n) is 4.70. The molecule has 8 heteroatoms. The van der Waals surface area contributed by atoms with Crippen LogP contribution in [0.4, 0.5) is 22.0 Å². The SMILES string of the molecule is Cc1cc(C(F)F)c(CC(=O)O)c(C(F)(F)F)n1. The summed E-state index contributed by atoms with van der Waals surface area (Å²) in [5.74, 6) is -1.63. The molecule has 0 amide bonds. The van der Waals surface area contributed by atoms with Gasteiger partial charge < -0.3 is 5.11 Å². The number of carbonyl (C=O) groups is 1. The van der Waals surface area contributed by atoms with E-state index in [1.807, 2.05) is 0 Å². The van der Waals surface area contributed by atoms with Gasteiger partial charge in [0.1, 0.15) is 5.69 Å². The molecule has 0 saturated heterocycles. The van der Waals surface area contributed by atoms with Crippen LogP contribution < -0.4 is 0 Å². The van der Waals surface area contributed by atoms with Crippen LogP contribution in [-0.2, 0) is 17.4 Å². The summed E-state index contributed by atoms with van der Waals surface area (Å²) >= 11 is 0. The highest BCUT2D eigenvalue weighted by atomic mass is 19.4. The summed E-state index contributed by atoms with van der Waals surface area (Å²) < 4.78 is 63.1. The highest BCUT2D eigenvalue weighted by Crippen LogP contribution is 2.35. The van der Waals surface area contributed by atoms with Crippen molar-refractivity contribution in [3.8, 4) is 0 Å².